The van der Waals surface area contributed by atoms with E-state index in [1.165, 1.54) is 17.7 Å². The van der Waals surface area contributed by atoms with Gasteiger partial charge in [0.25, 0.3) is 11.5 Å². The van der Waals surface area contributed by atoms with E-state index >= 15 is 0 Å². The van der Waals surface area contributed by atoms with Gasteiger partial charge in [0, 0.05) is 24.2 Å². The quantitative estimate of drug-likeness (QED) is 0.859. The Bertz CT molecular complexity index is 872. The molecule has 0 bridgehead atoms. The summed E-state index contributed by atoms with van der Waals surface area (Å²) in [6.45, 7) is 2.34. The van der Waals surface area contributed by atoms with Crippen LogP contribution in [0.2, 0.25) is 5.02 Å². The summed E-state index contributed by atoms with van der Waals surface area (Å²) in [5.41, 5.74) is 4.96. The summed E-state index contributed by atoms with van der Waals surface area (Å²) >= 11 is 5.90. The number of H-pyrrole nitrogens is 1. The topological polar surface area (TPSA) is 101 Å². The van der Waals surface area contributed by atoms with E-state index in [-0.39, 0.29) is 11.5 Å². The number of nitrogens with zero attached hydrogens (tertiary/aromatic N) is 2. The summed E-state index contributed by atoms with van der Waals surface area (Å²) in [4.78, 5) is 40.0. The molecule has 1 heterocycles. The SMILES string of the molecule is CCCCn1c(N)c(N(C)C(=O)c2cccc(Cl)c2)c(=O)[nH]c1=O. The highest BCUT2D eigenvalue weighted by atomic mass is 35.5. The number of hydrogen-bond acceptors (Lipinski definition) is 4. The van der Waals surface area contributed by atoms with Gasteiger partial charge in [-0.15, -0.1) is 0 Å². The Labute approximate surface area is 143 Å². The highest BCUT2D eigenvalue weighted by Crippen LogP contribution is 2.19. The minimum atomic E-state index is -0.705. The van der Waals surface area contributed by atoms with E-state index in [1.807, 2.05) is 6.92 Å². The molecule has 1 aromatic heterocycles. The van der Waals surface area contributed by atoms with E-state index in [0.29, 0.717) is 17.1 Å². The van der Waals surface area contributed by atoms with Crippen LogP contribution >= 0.6 is 11.6 Å². The number of aromatic amines is 1. The van der Waals surface area contributed by atoms with Crippen LogP contribution in [0, 0.1) is 0 Å². The van der Waals surface area contributed by atoms with Crippen molar-refractivity contribution >= 4 is 29.0 Å². The zero-order valence-electron chi connectivity index (χ0n) is 13.5. The molecule has 2 rings (SSSR count). The van der Waals surface area contributed by atoms with Crippen LogP contribution in [-0.4, -0.2) is 22.5 Å². The van der Waals surface area contributed by atoms with Crippen molar-refractivity contribution in [2.24, 2.45) is 0 Å². The molecule has 24 heavy (non-hydrogen) atoms. The maximum absolute atomic E-state index is 12.6. The summed E-state index contributed by atoms with van der Waals surface area (Å²) < 4.78 is 1.27. The molecule has 0 aliphatic rings. The molecule has 0 saturated carbocycles. The van der Waals surface area contributed by atoms with Gasteiger partial charge in [-0.2, -0.15) is 0 Å². The van der Waals surface area contributed by atoms with Crippen LogP contribution in [0.3, 0.4) is 0 Å². The third-order valence-electron chi connectivity index (χ3n) is 3.66. The smallest absolute Gasteiger partial charge is 0.330 e. The van der Waals surface area contributed by atoms with Gasteiger partial charge in [-0.25, -0.2) is 4.79 Å². The molecule has 0 fully saturated rings. The number of carbonyl (C=O) groups is 1. The Balaban J connectivity index is 2.49. The molecule has 128 valence electrons. The zero-order chi connectivity index (χ0) is 17.9. The lowest BCUT2D eigenvalue weighted by molar-refractivity contribution is 0.0992. The van der Waals surface area contributed by atoms with Crippen LogP contribution in [-0.2, 0) is 6.54 Å². The fourth-order valence-corrected chi connectivity index (χ4v) is 2.55. The summed E-state index contributed by atoms with van der Waals surface area (Å²) in [7, 11) is 1.43. The molecule has 7 nitrogen and oxygen atoms in total. The lowest BCUT2D eigenvalue weighted by atomic mass is 10.2. The number of rotatable bonds is 5. The number of nitrogen functional groups attached to an aromatic ring is 1. The average Bonchev–Trinajstić information content (AvgIpc) is 2.53. The maximum Gasteiger partial charge on any atom is 0.330 e. The molecule has 1 amide bonds. The second-order valence-electron chi connectivity index (χ2n) is 5.37. The zero-order valence-corrected chi connectivity index (χ0v) is 14.3. The van der Waals surface area contributed by atoms with Gasteiger partial charge in [0.1, 0.15) is 5.82 Å². The molecule has 0 atom stereocenters. The molecule has 0 aliphatic carbocycles. The van der Waals surface area contributed by atoms with Crippen LogP contribution in [0.25, 0.3) is 0 Å². The number of hydrogen-bond donors (Lipinski definition) is 2. The van der Waals surface area contributed by atoms with Crippen LogP contribution < -0.4 is 21.9 Å². The molecule has 3 N–H and O–H groups in total. The van der Waals surface area contributed by atoms with E-state index < -0.39 is 17.2 Å². The minimum Gasteiger partial charge on any atom is -0.383 e. The number of nitrogens with two attached hydrogens (primary N) is 1. The number of halogens is 1. The lowest BCUT2D eigenvalue weighted by Gasteiger charge is -2.20. The number of anilines is 2. The number of benzene rings is 1. The fourth-order valence-electron chi connectivity index (χ4n) is 2.36. The van der Waals surface area contributed by atoms with Gasteiger partial charge in [0.15, 0.2) is 5.69 Å². The third-order valence-corrected chi connectivity index (χ3v) is 3.90. The van der Waals surface area contributed by atoms with Crippen LogP contribution in [0.5, 0.6) is 0 Å². The van der Waals surface area contributed by atoms with E-state index in [1.54, 1.807) is 18.2 Å². The molecular weight excluding hydrogens is 332 g/mol. The monoisotopic (exact) mass is 350 g/mol. The van der Waals surface area contributed by atoms with Crippen molar-refractivity contribution in [3.63, 3.8) is 0 Å². The van der Waals surface area contributed by atoms with Gasteiger partial charge in [-0.3, -0.25) is 19.1 Å². The van der Waals surface area contributed by atoms with Crippen molar-refractivity contribution in [3.05, 3.63) is 55.7 Å². The Hall–Kier alpha value is -2.54. The molecule has 0 saturated heterocycles. The van der Waals surface area contributed by atoms with Gasteiger partial charge < -0.3 is 10.6 Å². The molecule has 8 heteroatoms. The van der Waals surface area contributed by atoms with Gasteiger partial charge in [0.2, 0.25) is 0 Å². The number of nitrogens with one attached hydrogen (secondary N) is 1. The molecule has 0 unspecified atom stereocenters. The Kier molecular flexibility index (Phi) is 5.46. The predicted octanol–water partition coefficient (Wildman–Crippen LogP) is 1.85. The first-order valence-electron chi connectivity index (χ1n) is 7.53. The second-order valence-corrected chi connectivity index (χ2v) is 5.81. The first-order chi connectivity index (χ1) is 11.4. The molecule has 0 spiro atoms. The van der Waals surface area contributed by atoms with Crippen molar-refractivity contribution in [3.8, 4) is 0 Å². The Morgan fingerprint density at radius 1 is 1.38 bits per heavy atom. The first-order valence-corrected chi connectivity index (χ1v) is 7.90. The van der Waals surface area contributed by atoms with Crippen molar-refractivity contribution < 1.29 is 4.79 Å². The minimum absolute atomic E-state index is 0.0323. The highest BCUT2D eigenvalue weighted by molar-refractivity contribution is 6.31. The van der Waals surface area contributed by atoms with Gasteiger partial charge in [0.05, 0.1) is 0 Å². The average molecular weight is 351 g/mol. The van der Waals surface area contributed by atoms with Crippen molar-refractivity contribution in [1.82, 2.24) is 9.55 Å². The van der Waals surface area contributed by atoms with Crippen LogP contribution in [0.4, 0.5) is 11.5 Å². The van der Waals surface area contributed by atoms with E-state index in [0.717, 1.165) is 17.7 Å². The second kappa shape index (κ2) is 7.35. The summed E-state index contributed by atoms with van der Waals surface area (Å²) in [5.74, 6) is -0.481. The molecule has 1 aromatic carbocycles. The normalized spacial score (nSPS) is 10.6. The van der Waals surface area contributed by atoms with Gasteiger partial charge in [-0.1, -0.05) is 31.0 Å². The van der Waals surface area contributed by atoms with Crippen LogP contribution in [0.1, 0.15) is 30.1 Å². The summed E-state index contributed by atoms with van der Waals surface area (Å²) in [6, 6.07) is 6.36. The first kappa shape index (κ1) is 17.8. The Morgan fingerprint density at radius 3 is 2.71 bits per heavy atom. The largest absolute Gasteiger partial charge is 0.383 e. The number of unbranched alkanes of at least 4 members (excludes halogenated alkanes) is 1. The third kappa shape index (κ3) is 3.51. The molecule has 0 aliphatic heterocycles. The van der Waals surface area contributed by atoms with E-state index in [9.17, 15) is 14.4 Å². The number of aromatic nitrogens is 2. The fraction of sp³-hybridized carbons (Fsp3) is 0.312. The van der Waals surface area contributed by atoms with Crippen molar-refractivity contribution in [2.45, 2.75) is 26.3 Å². The summed E-state index contributed by atoms with van der Waals surface area (Å²) in [6.07, 6.45) is 1.58. The number of amides is 1. The van der Waals surface area contributed by atoms with Crippen LogP contribution in [0.15, 0.2) is 33.9 Å². The lowest BCUT2D eigenvalue weighted by Crippen LogP contribution is -2.39. The predicted molar refractivity (Wildman–Crippen MR) is 94.8 cm³/mol. The molecule has 0 radical (unpaired) electrons. The molecule has 2 aromatic rings. The molecular formula is C16H19ClN4O3. The highest BCUT2D eigenvalue weighted by Gasteiger charge is 2.22. The van der Waals surface area contributed by atoms with Gasteiger partial charge >= 0.3 is 5.69 Å². The van der Waals surface area contributed by atoms with E-state index in [2.05, 4.69) is 4.98 Å². The van der Waals surface area contributed by atoms with Crippen molar-refractivity contribution in [1.29, 1.82) is 0 Å². The van der Waals surface area contributed by atoms with Crippen molar-refractivity contribution in [2.75, 3.05) is 17.7 Å². The Morgan fingerprint density at radius 2 is 2.08 bits per heavy atom. The van der Waals surface area contributed by atoms with E-state index in [4.69, 9.17) is 17.3 Å². The summed E-state index contributed by atoms with van der Waals surface area (Å²) in [5, 5.41) is 0.407. The maximum atomic E-state index is 12.6. The standard InChI is InChI=1S/C16H19ClN4O3/c1-3-4-8-21-13(18)12(14(22)19-16(21)24)20(2)15(23)10-6-5-7-11(17)9-10/h5-7,9H,3-4,8,18H2,1-2H3,(H,19,22,24). The van der Waals surface area contributed by atoms with Gasteiger partial charge in [-0.05, 0) is 24.6 Å². The number of carbonyl (C=O) groups excluding carboxylic acids is 1.